The van der Waals surface area contributed by atoms with E-state index in [4.69, 9.17) is 10.7 Å². The van der Waals surface area contributed by atoms with Gasteiger partial charge in [-0.1, -0.05) is 36.8 Å². The number of nitrogens with two attached hydrogens (primary N) is 1. The fraction of sp³-hybridized carbons (Fsp3) is 0.176. The van der Waals surface area contributed by atoms with Crippen LogP contribution in [0.2, 0.25) is 0 Å². The quantitative estimate of drug-likeness (QED) is 0.782. The number of aromatic nitrogens is 2. The number of hydrogen-bond donors (Lipinski definition) is 1. The van der Waals surface area contributed by atoms with Gasteiger partial charge in [0.1, 0.15) is 5.82 Å². The minimum Gasteiger partial charge on any atom is -0.384 e. The van der Waals surface area contributed by atoms with Gasteiger partial charge in [-0.25, -0.2) is 9.97 Å². The molecule has 3 aromatic rings. The summed E-state index contributed by atoms with van der Waals surface area (Å²) in [5, 5.41) is 1.14. The lowest BCUT2D eigenvalue weighted by Crippen LogP contribution is -1.89. The van der Waals surface area contributed by atoms with Crippen LogP contribution in [-0.4, -0.2) is 9.97 Å². The van der Waals surface area contributed by atoms with Gasteiger partial charge < -0.3 is 5.73 Å². The van der Waals surface area contributed by atoms with Crippen LogP contribution in [-0.2, 0) is 6.42 Å². The normalized spacial score (nSPS) is 10.8. The maximum Gasteiger partial charge on any atom is 0.123 e. The highest BCUT2D eigenvalue weighted by Crippen LogP contribution is 2.37. The molecule has 0 saturated heterocycles. The van der Waals surface area contributed by atoms with E-state index in [0.29, 0.717) is 5.82 Å². The zero-order valence-electron chi connectivity index (χ0n) is 12.1. The van der Waals surface area contributed by atoms with Crippen molar-refractivity contribution in [2.24, 2.45) is 0 Å². The lowest BCUT2D eigenvalue weighted by Gasteiger charge is -2.04. The Bertz CT molecular complexity index is 760. The molecule has 106 valence electrons. The SMILES string of the molecule is CCc1nc(-c2ccc(C)cc2)c(-c2ccnc(N)c2)s1. The molecule has 0 saturated carbocycles. The molecule has 0 aliphatic heterocycles. The van der Waals surface area contributed by atoms with E-state index in [-0.39, 0.29) is 0 Å². The highest BCUT2D eigenvalue weighted by Gasteiger charge is 2.14. The Labute approximate surface area is 128 Å². The lowest BCUT2D eigenvalue weighted by molar-refractivity contribution is 1.10. The van der Waals surface area contributed by atoms with E-state index < -0.39 is 0 Å². The first-order chi connectivity index (χ1) is 10.2. The van der Waals surface area contributed by atoms with Crippen LogP contribution in [0.5, 0.6) is 0 Å². The summed E-state index contributed by atoms with van der Waals surface area (Å²) in [5.74, 6) is 0.536. The number of pyridine rings is 1. The Hall–Kier alpha value is -2.20. The second-order valence-corrected chi connectivity index (χ2v) is 6.06. The van der Waals surface area contributed by atoms with E-state index in [2.05, 4.69) is 43.1 Å². The molecule has 2 N–H and O–H groups in total. The fourth-order valence-corrected chi connectivity index (χ4v) is 3.23. The molecular weight excluding hydrogens is 278 g/mol. The fourth-order valence-electron chi connectivity index (χ4n) is 2.21. The molecule has 3 rings (SSSR count). The van der Waals surface area contributed by atoms with E-state index in [1.54, 1.807) is 17.5 Å². The molecule has 3 nitrogen and oxygen atoms in total. The molecule has 0 fully saturated rings. The largest absolute Gasteiger partial charge is 0.384 e. The molecule has 0 bridgehead atoms. The second-order valence-electron chi connectivity index (χ2n) is 4.97. The highest BCUT2D eigenvalue weighted by molar-refractivity contribution is 7.15. The number of benzene rings is 1. The van der Waals surface area contributed by atoms with Crippen LogP contribution >= 0.6 is 11.3 Å². The van der Waals surface area contributed by atoms with Crippen LogP contribution < -0.4 is 5.73 Å². The molecule has 0 aliphatic carbocycles. The van der Waals surface area contributed by atoms with E-state index >= 15 is 0 Å². The van der Waals surface area contributed by atoms with Gasteiger partial charge in [-0.05, 0) is 31.0 Å². The molecule has 21 heavy (non-hydrogen) atoms. The summed E-state index contributed by atoms with van der Waals surface area (Å²) in [6, 6.07) is 12.4. The van der Waals surface area contributed by atoms with Crippen molar-refractivity contribution in [3.8, 4) is 21.7 Å². The average Bonchev–Trinajstić information content (AvgIpc) is 2.92. The molecule has 0 amide bonds. The Morgan fingerprint density at radius 3 is 2.52 bits per heavy atom. The molecule has 4 heteroatoms. The predicted octanol–water partition coefficient (Wildman–Crippen LogP) is 4.33. The Kier molecular flexibility index (Phi) is 3.71. The summed E-state index contributed by atoms with van der Waals surface area (Å²) in [7, 11) is 0. The summed E-state index contributed by atoms with van der Waals surface area (Å²) in [4.78, 5) is 10.0. The molecule has 0 aliphatic rings. The van der Waals surface area contributed by atoms with Crippen molar-refractivity contribution in [3.63, 3.8) is 0 Å². The number of nitrogens with zero attached hydrogens (tertiary/aromatic N) is 2. The first-order valence-electron chi connectivity index (χ1n) is 6.96. The van der Waals surface area contributed by atoms with Gasteiger partial charge in [-0.3, -0.25) is 0 Å². The number of anilines is 1. The van der Waals surface area contributed by atoms with E-state index in [1.807, 2.05) is 12.1 Å². The van der Waals surface area contributed by atoms with Crippen LogP contribution in [0.15, 0.2) is 42.6 Å². The molecule has 0 unspecified atom stereocenters. The van der Waals surface area contributed by atoms with Crippen LogP contribution in [0, 0.1) is 6.92 Å². The maximum atomic E-state index is 5.82. The summed E-state index contributed by atoms with van der Waals surface area (Å²) < 4.78 is 0. The van der Waals surface area contributed by atoms with Crippen molar-refractivity contribution in [1.29, 1.82) is 0 Å². The molecule has 1 aromatic carbocycles. The molecule has 2 heterocycles. The van der Waals surface area contributed by atoms with Crippen molar-refractivity contribution >= 4 is 17.2 Å². The van der Waals surface area contributed by atoms with Gasteiger partial charge >= 0.3 is 0 Å². The summed E-state index contributed by atoms with van der Waals surface area (Å²) in [6.07, 6.45) is 2.68. The monoisotopic (exact) mass is 295 g/mol. The first kappa shape index (κ1) is 13.8. The third-order valence-corrected chi connectivity index (χ3v) is 4.59. The lowest BCUT2D eigenvalue weighted by atomic mass is 10.1. The zero-order valence-corrected chi connectivity index (χ0v) is 12.9. The van der Waals surface area contributed by atoms with Crippen LogP contribution in [0.1, 0.15) is 17.5 Å². The van der Waals surface area contributed by atoms with Crippen molar-refractivity contribution in [2.75, 3.05) is 5.73 Å². The third-order valence-electron chi connectivity index (χ3n) is 3.34. The summed E-state index contributed by atoms with van der Waals surface area (Å²) in [5.41, 5.74) is 10.3. The topological polar surface area (TPSA) is 51.8 Å². The average molecular weight is 295 g/mol. The van der Waals surface area contributed by atoms with Gasteiger partial charge in [0.25, 0.3) is 0 Å². The van der Waals surface area contributed by atoms with Crippen molar-refractivity contribution in [2.45, 2.75) is 20.3 Å². The summed E-state index contributed by atoms with van der Waals surface area (Å²) >= 11 is 1.73. The number of hydrogen-bond acceptors (Lipinski definition) is 4. The van der Waals surface area contributed by atoms with Crippen molar-refractivity contribution in [3.05, 3.63) is 53.2 Å². The number of aryl methyl sites for hydroxylation is 2. The Balaban J connectivity index is 2.16. The van der Waals surface area contributed by atoms with Gasteiger partial charge in [0, 0.05) is 11.8 Å². The predicted molar refractivity (Wildman–Crippen MR) is 89.3 cm³/mol. The third kappa shape index (κ3) is 2.81. The van der Waals surface area contributed by atoms with E-state index in [1.165, 1.54) is 5.56 Å². The Morgan fingerprint density at radius 2 is 1.86 bits per heavy atom. The van der Waals surface area contributed by atoms with Crippen LogP contribution in [0.4, 0.5) is 5.82 Å². The van der Waals surface area contributed by atoms with E-state index in [0.717, 1.165) is 33.1 Å². The standard InChI is InChI=1S/C17H17N3S/c1-3-15-20-16(12-6-4-11(2)5-7-12)17(21-15)13-8-9-19-14(18)10-13/h4-10H,3H2,1-2H3,(H2,18,19). The molecule has 0 atom stereocenters. The molecule has 2 aromatic heterocycles. The first-order valence-corrected chi connectivity index (χ1v) is 7.77. The van der Waals surface area contributed by atoms with E-state index in [9.17, 15) is 0 Å². The minimum atomic E-state index is 0.536. The van der Waals surface area contributed by atoms with Crippen LogP contribution in [0.25, 0.3) is 21.7 Å². The second kappa shape index (κ2) is 5.66. The number of nitrogen functional groups attached to an aromatic ring is 1. The molecular formula is C17H17N3S. The molecule has 0 radical (unpaired) electrons. The van der Waals surface area contributed by atoms with Crippen LogP contribution in [0.3, 0.4) is 0 Å². The van der Waals surface area contributed by atoms with Gasteiger partial charge in [0.05, 0.1) is 15.6 Å². The zero-order chi connectivity index (χ0) is 14.8. The van der Waals surface area contributed by atoms with Crippen molar-refractivity contribution in [1.82, 2.24) is 9.97 Å². The smallest absolute Gasteiger partial charge is 0.123 e. The summed E-state index contributed by atoms with van der Waals surface area (Å²) in [6.45, 7) is 4.22. The van der Waals surface area contributed by atoms with Gasteiger partial charge in [-0.2, -0.15) is 0 Å². The van der Waals surface area contributed by atoms with Gasteiger partial charge in [-0.15, -0.1) is 11.3 Å². The van der Waals surface area contributed by atoms with Gasteiger partial charge in [0.2, 0.25) is 0 Å². The minimum absolute atomic E-state index is 0.536. The molecule has 0 spiro atoms. The van der Waals surface area contributed by atoms with Crippen molar-refractivity contribution < 1.29 is 0 Å². The van der Waals surface area contributed by atoms with Gasteiger partial charge in [0.15, 0.2) is 0 Å². The number of thiazole rings is 1. The highest BCUT2D eigenvalue weighted by atomic mass is 32.1. The number of rotatable bonds is 3. The Morgan fingerprint density at radius 1 is 1.10 bits per heavy atom. The maximum absolute atomic E-state index is 5.82.